The summed E-state index contributed by atoms with van der Waals surface area (Å²) in [7, 11) is 0. The first-order valence-electron chi connectivity index (χ1n) is 7.41. The van der Waals surface area contributed by atoms with E-state index in [1.165, 1.54) is 36.3 Å². The van der Waals surface area contributed by atoms with E-state index in [1.54, 1.807) is 0 Å². The fourth-order valence-corrected chi connectivity index (χ4v) is 3.31. The Morgan fingerprint density at radius 1 is 1.32 bits per heavy atom. The van der Waals surface area contributed by atoms with E-state index in [0.717, 1.165) is 25.3 Å². The Labute approximate surface area is 121 Å². The molecule has 1 N–H and O–H groups in total. The number of hydrogen-bond acceptors (Lipinski definition) is 3. The SMILES string of the molecule is CCCCOc1ccc(CNC2CCCSC2)cc1. The van der Waals surface area contributed by atoms with Gasteiger partial charge in [0, 0.05) is 18.3 Å². The summed E-state index contributed by atoms with van der Waals surface area (Å²) in [6, 6.07) is 9.21. The van der Waals surface area contributed by atoms with Crippen molar-refractivity contribution in [1.29, 1.82) is 0 Å². The largest absolute Gasteiger partial charge is 0.494 e. The van der Waals surface area contributed by atoms with Crippen LogP contribution in [0, 0.1) is 0 Å². The molecule has 1 aromatic rings. The topological polar surface area (TPSA) is 21.3 Å². The molecule has 0 aromatic heterocycles. The monoisotopic (exact) mass is 279 g/mol. The summed E-state index contributed by atoms with van der Waals surface area (Å²) in [5, 5.41) is 3.65. The molecule has 1 aliphatic heterocycles. The van der Waals surface area contributed by atoms with Crippen molar-refractivity contribution in [2.75, 3.05) is 18.1 Å². The predicted molar refractivity (Wildman–Crippen MR) is 84.0 cm³/mol. The molecule has 0 aliphatic carbocycles. The van der Waals surface area contributed by atoms with Gasteiger partial charge in [-0.2, -0.15) is 11.8 Å². The van der Waals surface area contributed by atoms with Crippen molar-refractivity contribution in [2.45, 2.75) is 45.2 Å². The molecule has 0 bridgehead atoms. The second-order valence-corrected chi connectivity index (χ2v) is 6.29. The molecular weight excluding hydrogens is 254 g/mol. The molecule has 0 radical (unpaired) electrons. The Hall–Kier alpha value is -0.670. The zero-order valence-electron chi connectivity index (χ0n) is 11.9. The fourth-order valence-electron chi connectivity index (χ4n) is 2.20. The second-order valence-electron chi connectivity index (χ2n) is 5.14. The van der Waals surface area contributed by atoms with Crippen LogP contribution < -0.4 is 10.1 Å². The lowest BCUT2D eigenvalue weighted by Gasteiger charge is -2.22. The molecule has 3 heteroatoms. The lowest BCUT2D eigenvalue weighted by Crippen LogP contribution is -2.33. The summed E-state index contributed by atoms with van der Waals surface area (Å²) in [6.07, 6.45) is 4.99. The van der Waals surface area contributed by atoms with E-state index in [4.69, 9.17) is 4.74 Å². The average molecular weight is 279 g/mol. The van der Waals surface area contributed by atoms with Gasteiger partial charge in [-0.1, -0.05) is 25.5 Å². The number of hydrogen-bond donors (Lipinski definition) is 1. The van der Waals surface area contributed by atoms with Crippen molar-refractivity contribution in [3.8, 4) is 5.75 Å². The lowest BCUT2D eigenvalue weighted by atomic mass is 10.1. The van der Waals surface area contributed by atoms with Crippen molar-refractivity contribution in [3.63, 3.8) is 0 Å². The summed E-state index contributed by atoms with van der Waals surface area (Å²) < 4.78 is 5.67. The Bertz CT molecular complexity index is 346. The van der Waals surface area contributed by atoms with Gasteiger partial charge in [-0.15, -0.1) is 0 Å². The minimum Gasteiger partial charge on any atom is -0.494 e. The van der Waals surface area contributed by atoms with Gasteiger partial charge in [0.05, 0.1) is 6.61 Å². The van der Waals surface area contributed by atoms with Gasteiger partial charge in [-0.25, -0.2) is 0 Å². The van der Waals surface area contributed by atoms with Crippen molar-refractivity contribution in [1.82, 2.24) is 5.32 Å². The molecule has 1 aromatic carbocycles. The minimum absolute atomic E-state index is 0.694. The van der Waals surface area contributed by atoms with Gasteiger partial charge in [0.1, 0.15) is 5.75 Å². The molecule has 0 amide bonds. The molecule has 2 rings (SSSR count). The first-order chi connectivity index (χ1) is 9.38. The molecule has 1 heterocycles. The number of unbranched alkanes of at least 4 members (excludes halogenated alkanes) is 1. The molecule has 1 atom stereocenters. The van der Waals surface area contributed by atoms with Gasteiger partial charge < -0.3 is 10.1 Å². The molecule has 1 aliphatic rings. The maximum atomic E-state index is 5.67. The standard InChI is InChI=1S/C16H25NOS/c1-2-3-10-18-16-8-6-14(7-9-16)12-17-15-5-4-11-19-13-15/h6-9,15,17H,2-5,10-13H2,1H3. The molecular formula is C16H25NOS. The summed E-state index contributed by atoms with van der Waals surface area (Å²) in [4.78, 5) is 0. The van der Waals surface area contributed by atoms with E-state index < -0.39 is 0 Å². The van der Waals surface area contributed by atoms with Crippen LogP contribution in [0.15, 0.2) is 24.3 Å². The van der Waals surface area contributed by atoms with Gasteiger partial charge in [-0.05, 0) is 42.7 Å². The van der Waals surface area contributed by atoms with Crippen molar-refractivity contribution in [3.05, 3.63) is 29.8 Å². The van der Waals surface area contributed by atoms with E-state index in [1.807, 2.05) is 0 Å². The molecule has 19 heavy (non-hydrogen) atoms. The van der Waals surface area contributed by atoms with Crippen molar-refractivity contribution >= 4 is 11.8 Å². The van der Waals surface area contributed by atoms with E-state index in [0.29, 0.717) is 6.04 Å². The zero-order valence-corrected chi connectivity index (χ0v) is 12.7. The Kier molecular flexibility index (Phi) is 6.58. The van der Waals surface area contributed by atoms with E-state index in [-0.39, 0.29) is 0 Å². The number of benzene rings is 1. The van der Waals surface area contributed by atoms with Gasteiger partial charge in [0.25, 0.3) is 0 Å². The van der Waals surface area contributed by atoms with E-state index in [2.05, 4.69) is 48.3 Å². The van der Waals surface area contributed by atoms with Crippen molar-refractivity contribution in [2.24, 2.45) is 0 Å². The maximum absolute atomic E-state index is 5.67. The molecule has 1 saturated heterocycles. The normalized spacial score (nSPS) is 19.3. The molecule has 0 spiro atoms. The van der Waals surface area contributed by atoms with Crippen molar-refractivity contribution < 1.29 is 4.74 Å². The van der Waals surface area contributed by atoms with Gasteiger partial charge in [0.2, 0.25) is 0 Å². The minimum atomic E-state index is 0.694. The van der Waals surface area contributed by atoms with Crippen LogP contribution in [0.1, 0.15) is 38.2 Å². The number of nitrogens with one attached hydrogen (secondary N) is 1. The van der Waals surface area contributed by atoms with Crippen LogP contribution in [0.2, 0.25) is 0 Å². The quantitative estimate of drug-likeness (QED) is 0.766. The first-order valence-corrected chi connectivity index (χ1v) is 8.57. The van der Waals surface area contributed by atoms with Crippen LogP contribution in [0.25, 0.3) is 0 Å². The summed E-state index contributed by atoms with van der Waals surface area (Å²) in [6.45, 7) is 3.98. The number of rotatable bonds is 7. The second kappa shape index (κ2) is 8.49. The van der Waals surface area contributed by atoms with Crippen LogP contribution >= 0.6 is 11.8 Å². The highest BCUT2D eigenvalue weighted by atomic mass is 32.2. The van der Waals surface area contributed by atoms with E-state index >= 15 is 0 Å². The van der Waals surface area contributed by atoms with Gasteiger partial charge >= 0.3 is 0 Å². The number of thioether (sulfide) groups is 1. The smallest absolute Gasteiger partial charge is 0.119 e. The highest BCUT2D eigenvalue weighted by Crippen LogP contribution is 2.18. The Morgan fingerprint density at radius 3 is 2.84 bits per heavy atom. The number of ether oxygens (including phenoxy) is 1. The fraction of sp³-hybridized carbons (Fsp3) is 0.625. The molecule has 0 saturated carbocycles. The summed E-state index contributed by atoms with van der Waals surface area (Å²) >= 11 is 2.07. The Morgan fingerprint density at radius 2 is 2.16 bits per heavy atom. The Balaban J connectivity index is 1.71. The van der Waals surface area contributed by atoms with Crippen LogP contribution in [0.3, 0.4) is 0 Å². The highest BCUT2D eigenvalue weighted by Gasteiger charge is 2.12. The first kappa shape index (κ1) is 14.7. The average Bonchev–Trinajstić information content (AvgIpc) is 2.48. The third kappa shape index (κ3) is 5.45. The molecule has 1 unspecified atom stereocenters. The third-order valence-corrected chi connectivity index (χ3v) is 4.66. The van der Waals surface area contributed by atoms with Crippen LogP contribution in [-0.2, 0) is 6.54 Å². The lowest BCUT2D eigenvalue weighted by molar-refractivity contribution is 0.309. The molecule has 1 fully saturated rings. The zero-order chi connectivity index (χ0) is 13.3. The predicted octanol–water partition coefficient (Wildman–Crippen LogP) is 3.85. The maximum Gasteiger partial charge on any atom is 0.119 e. The van der Waals surface area contributed by atoms with Crippen LogP contribution in [0.5, 0.6) is 5.75 Å². The summed E-state index contributed by atoms with van der Waals surface area (Å²) in [5.41, 5.74) is 1.35. The van der Waals surface area contributed by atoms with Gasteiger partial charge in [-0.3, -0.25) is 0 Å². The van der Waals surface area contributed by atoms with E-state index in [9.17, 15) is 0 Å². The van der Waals surface area contributed by atoms with Crippen LogP contribution in [0.4, 0.5) is 0 Å². The third-order valence-electron chi connectivity index (χ3n) is 3.45. The van der Waals surface area contributed by atoms with Gasteiger partial charge in [0.15, 0.2) is 0 Å². The highest BCUT2D eigenvalue weighted by molar-refractivity contribution is 7.99. The van der Waals surface area contributed by atoms with Crippen LogP contribution in [-0.4, -0.2) is 24.2 Å². The molecule has 106 valence electrons. The summed E-state index contributed by atoms with van der Waals surface area (Å²) in [5.74, 6) is 3.59. The molecule has 2 nitrogen and oxygen atoms in total.